The van der Waals surface area contributed by atoms with E-state index in [1.54, 1.807) is 0 Å². The predicted molar refractivity (Wildman–Crippen MR) is 53.6 cm³/mol. The minimum Gasteiger partial charge on any atom is -0.459 e. The third-order valence-corrected chi connectivity index (χ3v) is 2.83. The molecule has 1 saturated carbocycles. The fraction of sp³-hybridized carbons (Fsp3) is 0.727. The Bertz CT molecular complexity index is 213. The van der Waals surface area contributed by atoms with Crippen molar-refractivity contribution in [3.63, 3.8) is 0 Å². The zero-order valence-corrected chi connectivity index (χ0v) is 8.77. The molecular weight excluding hydrogens is 180 g/mol. The van der Waals surface area contributed by atoms with Crippen LogP contribution in [0.4, 0.5) is 0 Å². The lowest BCUT2D eigenvalue weighted by Crippen LogP contribution is -2.39. The van der Waals surface area contributed by atoms with Gasteiger partial charge in [-0.05, 0) is 24.7 Å². The van der Waals surface area contributed by atoms with Crippen LogP contribution < -0.4 is 0 Å². The van der Waals surface area contributed by atoms with Gasteiger partial charge in [0.25, 0.3) is 0 Å². The summed E-state index contributed by atoms with van der Waals surface area (Å²) in [7, 11) is 0. The van der Waals surface area contributed by atoms with Crippen LogP contribution in [-0.2, 0) is 9.53 Å². The Morgan fingerprint density at radius 3 is 2.36 bits per heavy atom. The molecule has 3 nitrogen and oxygen atoms in total. The highest BCUT2D eigenvalue weighted by molar-refractivity contribution is 5.81. The standard InChI is InChI=1S/C11H18O3/c1-4-10(13)14-11-7(2)5-9(12)6-8(11)3/h4,7-9,11-12H,1,5-6H2,2-3H3. The van der Waals surface area contributed by atoms with Gasteiger partial charge in [0.05, 0.1) is 6.10 Å². The first-order valence-corrected chi connectivity index (χ1v) is 5.05. The van der Waals surface area contributed by atoms with Crippen LogP contribution in [0.2, 0.25) is 0 Å². The van der Waals surface area contributed by atoms with Crippen molar-refractivity contribution in [3.05, 3.63) is 12.7 Å². The molecule has 0 aromatic carbocycles. The Hall–Kier alpha value is -0.830. The average molecular weight is 198 g/mol. The molecule has 1 rings (SSSR count). The maximum atomic E-state index is 11.0. The molecule has 2 atom stereocenters. The topological polar surface area (TPSA) is 46.5 Å². The Balaban J connectivity index is 2.58. The van der Waals surface area contributed by atoms with Crippen LogP contribution in [0.1, 0.15) is 26.7 Å². The Kier molecular flexibility index (Phi) is 3.69. The molecule has 0 amide bonds. The summed E-state index contributed by atoms with van der Waals surface area (Å²) in [6.45, 7) is 7.37. The number of rotatable bonds is 2. The summed E-state index contributed by atoms with van der Waals surface area (Å²) < 4.78 is 5.25. The van der Waals surface area contributed by atoms with E-state index < -0.39 is 0 Å². The molecule has 0 aromatic heterocycles. The number of aliphatic hydroxyl groups is 1. The number of hydrogen-bond donors (Lipinski definition) is 1. The van der Waals surface area contributed by atoms with Gasteiger partial charge < -0.3 is 9.84 Å². The monoisotopic (exact) mass is 198 g/mol. The van der Waals surface area contributed by atoms with Crippen molar-refractivity contribution in [2.45, 2.75) is 38.9 Å². The van der Waals surface area contributed by atoms with Crippen LogP contribution in [0.15, 0.2) is 12.7 Å². The van der Waals surface area contributed by atoms with E-state index >= 15 is 0 Å². The van der Waals surface area contributed by atoms with Gasteiger partial charge in [-0.2, -0.15) is 0 Å². The van der Waals surface area contributed by atoms with E-state index in [2.05, 4.69) is 6.58 Å². The lowest BCUT2D eigenvalue weighted by atomic mass is 9.79. The van der Waals surface area contributed by atoms with Gasteiger partial charge in [-0.25, -0.2) is 4.79 Å². The lowest BCUT2D eigenvalue weighted by molar-refractivity contribution is -0.153. The number of carbonyl (C=O) groups excluding carboxylic acids is 1. The lowest BCUT2D eigenvalue weighted by Gasteiger charge is -2.36. The van der Waals surface area contributed by atoms with Crippen LogP contribution in [0, 0.1) is 11.8 Å². The minimum atomic E-state index is -0.370. The molecule has 1 aliphatic carbocycles. The molecule has 0 aromatic rings. The molecule has 0 saturated heterocycles. The van der Waals surface area contributed by atoms with E-state index in [0.717, 1.165) is 0 Å². The third-order valence-electron chi connectivity index (χ3n) is 2.83. The predicted octanol–water partition coefficient (Wildman–Crippen LogP) is 1.51. The van der Waals surface area contributed by atoms with Crippen LogP contribution in [0.25, 0.3) is 0 Å². The number of aliphatic hydroxyl groups excluding tert-OH is 1. The summed E-state index contributed by atoms with van der Waals surface area (Å²) >= 11 is 0. The highest BCUT2D eigenvalue weighted by Crippen LogP contribution is 2.31. The number of carbonyl (C=O) groups is 1. The Morgan fingerprint density at radius 2 is 1.93 bits per heavy atom. The second kappa shape index (κ2) is 4.60. The Morgan fingerprint density at radius 1 is 1.43 bits per heavy atom. The zero-order chi connectivity index (χ0) is 10.7. The van der Waals surface area contributed by atoms with Gasteiger partial charge in [0.1, 0.15) is 6.10 Å². The largest absolute Gasteiger partial charge is 0.459 e. The van der Waals surface area contributed by atoms with E-state index in [1.165, 1.54) is 6.08 Å². The van der Waals surface area contributed by atoms with Gasteiger partial charge in [0.2, 0.25) is 0 Å². The van der Waals surface area contributed by atoms with E-state index in [4.69, 9.17) is 4.74 Å². The highest BCUT2D eigenvalue weighted by atomic mass is 16.5. The molecule has 3 heteroatoms. The molecule has 80 valence electrons. The smallest absolute Gasteiger partial charge is 0.330 e. The van der Waals surface area contributed by atoms with Crippen LogP contribution in [0.3, 0.4) is 0 Å². The van der Waals surface area contributed by atoms with Crippen molar-refractivity contribution in [2.75, 3.05) is 0 Å². The first-order chi connectivity index (χ1) is 6.54. The van der Waals surface area contributed by atoms with E-state index in [9.17, 15) is 9.90 Å². The summed E-state index contributed by atoms with van der Waals surface area (Å²) in [5.41, 5.74) is 0. The molecule has 2 unspecified atom stereocenters. The summed E-state index contributed by atoms with van der Waals surface area (Å²) in [4.78, 5) is 11.0. The molecule has 0 heterocycles. The average Bonchev–Trinajstić information content (AvgIpc) is 2.10. The van der Waals surface area contributed by atoms with Crippen molar-refractivity contribution in [1.82, 2.24) is 0 Å². The normalized spacial score (nSPS) is 37.6. The van der Waals surface area contributed by atoms with Gasteiger partial charge in [-0.1, -0.05) is 20.4 Å². The van der Waals surface area contributed by atoms with Crippen molar-refractivity contribution in [2.24, 2.45) is 11.8 Å². The molecular formula is C11H18O3. The van der Waals surface area contributed by atoms with Gasteiger partial charge in [0.15, 0.2) is 0 Å². The maximum Gasteiger partial charge on any atom is 0.330 e. The van der Waals surface area contributed by atoms with E-state index in [0.29, 0.717) is 12.8 Å². The zero-order valence-electron chi connectivity index (χ0n) is 8.77. The van der Waals surface area contributed by atoms with Gasteiger partial charge in [0, 0.05) is 6.08 Å². The quantitative estimate of drug-likeness (QED) is 0.540. The van der Waals surface area contributed by atoms with Gasteiger partial charge in [-0.3, -0.25) is 0 Å². The highest BCUT2D eigenvalue weighted by Gasteiger charge is 2.34. The van der Waals surface area contributed by atoms with Gasteiger partial charge in [-0.15, -0.1) is 0 Å². The van der Waals surface area contributed by atoms with E-state index in [1.807, 2.05) is 13.8 Å². The Labute approximate surface area is 84.8 Å². The van der Waals surface area contributed by atoms with Crippen LogP contribution in [0.5, 0.6) is 0 Å². The van der Waals surface area contributed by atoms with Crippen LogP contribution >= 0.6 is 0 Å². The molecule has 1 N–H and O–H groups in total. The fourth-order valence-electron chi connectivity index (χ4n) is 2.20. The molecule has 0 spiro atoms. The molecule has 0 aliphatic heterocycles. The molecule has 1 fully saturated rings. The number of ether oxygens (including phenoxy) is 1. The molecule has 1 aliphatic rings. The first kappa shape index (κ1) is 11.2. The summed E-state index contributed by atoms with van der Waals surface area (Å²) in [5, 5.41) is 9.50. The third kappa shape index (κ3) is 2.58. The summed E-state index contributed by atoms with van der Waals surface area (Å²) in [5.74, 6) is 0.0698. The summed E-state index contributed by atoms with van der Waals surface area (Å²) in [6.07, 6.45) is 2.27. The SMILES string of the molecule is C=CC(=O)OC1C(C)CC(O)CC1C. The number of hydrogen-bond acceptors (Lipinski definition) is 3. The summed E-state index contributed by atoms with van der Waals surface area (Å²) in [6, 6.07) is 0. The van der Waals surface area contributed by atoms with E-state index in [-0.39, 0.29) is 30.0 Å². The van der Waals surface area contributed by atoms with Crippen molar-refractivity contribution in [1.29, 1.82) is 0 Å². The first-order valence-electron chi connectivity index (χ1n) is 5.05. The van der Waals surface area contributed by atoms with Crippen molar-refractivity contribution < 1.29 is 14.6 Å². The maximum absolute atomic E-state index is 11.0. The second-order valence-electron chi connectivity index (χ2n) is 4.19. The second-order valence-corrected chi connectivity index (χ2v) is 4.19. The van der Waals surface area contributed by atoms with Crippen molar-refractivity contribution in [3.8, 4) is 0 Å². The minimum absolute atomic E-state index is 0.0797. The van der Waals surface area contributed by atoms with Crippen molar-refractivity contribution >= 4 is 5.97 Å². The van der Waals surface area contributed by atoms with Crippen LogP contribution in [-0.4, -0.2) is 23.3 Å². The molecule has 0 radical (unpaired) electrons. The number of esters is 1. The fourth-order valence-corrected chi connectivity index (χ4v) is 2.20. The molecule has 14 heavy (non-hydrogen) atoms. The van der Waals surface area contributed by atoms with Gasteiger partial charge >= 0.3 is 5.97 Å². The molecule has 0 bridgehead atoms.